The van der Waals surface area contributed by atoms with Crippen LogP contribution >= 0.6 is 11.6 Å². The molecule has 1 aliphatic heterocycles. The Kier molecular flexibility index (Phi) is 5.04. The lowest BCUT2D eigenvalue weighted by atomic mass is 9.98. The van der Waals surface area contributed by atoms with E-state index in [1.807, 2.05) is 0 Å². The third-order valence-electron chi connectivity index (χ3n) is 3.83. The van der Waals surface area contributed by atoms with Gasteiger partial charge in [0, 0.05) is 17.6 Å². The molecule has 3 heteroatoms. The molecule has 0 spiro atoms. The molecule has 0 bridgehead atoms. The highest BCUT2D eigenvalue weighted by Gasteiger charge is 2.22. The zero-order chi connectivity index (χ0) is 13.0. The summed E-state index contributed by atoms with van der Waals surface area (Å²) in [5.41, 5.74) is 8.18. The van der Waals surface area contributed by atoms with Crippen LogP contribution in [0.4, 0.5) is 0 Å². The van der Waals surface area contributed by atoms with Crippen LogP contribution in [0, 0.1) is 6.92 Å². The van der Waals surface area contributed by atoms with E-state index in [0.717, 1.165) is 24.5 Å². The molecule has 1 fully saturated rings. The van der Waals surface area contributed by atoms with Gasteiger partial charge in [-0.2, -0.15) is 0 Å². The molecule has 1 saturated heterocycles. The van der Waals surface area contributed by atoms with Gasteiger partial charge in [-0.25, -0.2) is 0 Å². The van der Waals surface area contributed by atoms with Crippen LogP contribution in [0.3, 0.4) is 0 Å². The van der Waals surface area contributed by atoms with Gasteiger partial charge in [0.25, 0.3) is 0 Å². The van der Waals surface area contributed by atoms with Crippen molar-refractivity contribution in [1.29, 1.82) is 0 Å². The van der Waals surface area contributed by atoms with Crippen molar-refractivity contribution in [2.24, 2.45) is 5.73 Å². The first kappa shape index (κ1) is 13.9. The number of hydrogen-bond acceptors (Lipinski definition) is 2. The van der Waals surface area contributed by atoms with Crippen molar-refractivity contribution in [3.05, 3.63) is 34.3 Å². The van der Waals surface area contributed by atoms with Gasteiger partial charge in [0.15, 0.2) is 0 Å². The van der Waals surface area contributed by atoms with E-state index in [-0.39, 0.29) is 0 Å². The number of likely N-dealkylation sites (tertiary alicyclic amines) is 1. The van der Waals surface area contributed by atoms with Crippen molar-refractivity contribution in [2.75, 3.05) is 13.1 Å². The number of nitrogens with zero attached hydrogens (tertiary/aromatic N) is 1. The number of benzene rings is 1. The van der Waals surface area contributed by atoms with Crippen molar-refractivity contribution in [1.82, 2.24) is 4.90 Å². The van der Waals surface area contributed by atoms with E-state index in [0.29, 0.717) is 6.04 Å². The number of piperidine rings is 1. The summed E-state index contributed by atoms with van der Waals surface area (Å²) in [6, 6.07) is 6.99. The minimum atomic E-state index is 0.640. The molecule has 0 aromatic heterocycles. The van der Waals surface area contributed by atoms with Gasteiger partial charge < -0.3 is 5.73 Å². The lowest BCUT2D eigenvalue weighted by Crippen LogP contribution is -2.40. The Balaban J connectivity index is 2.06. The van der Waals surface area contributed by atoms with Crippen molar-refractivity contribution < 1.29 is 0 Å². The van der Waals surface area contributed by atoms with Gasteiger partial charge >= 0.3 is 0 Å². The highest BCUT2D eigenvalue weighted by Crippen LogP contribution is 2.25. The monoisotopic (exact) mass is 266 g/mol. The Morgan fingerprint density at radius 3 is 2.94 bits per heavy atom. The second-order valence-corrected chi connectivity index (χ2v) is 5.70. The molecule has 2 rings (SSSR count). The van der Waals surface area contributed by atoms with Gasteiger partial charge in [-0.3, -0.25) is 4.90 Å². The quantitative estimate of drug-likeness (QED) is 0.906. The molecule has 2 nitrogen and oxygen atoms in total. The Morgan fingerprint density at radius 2 is 2.22 bits per heavy atom. The number of halogens is 1. The average Bonchev–Trinajstić information content (AvgIpc) is 2.35. The summed E-state index contributed by atoms with van der Waals surface area (Å²) in [6.07, 6.45) is 5.01. The molecule has 1 aromatic rings. The van der Waals surface area contributed by atoms with E-state index < -0.39 is 0 Å². The van der Waals surface area contributed by atoms with Gasteiger partial charge in [0.1, 0.15) is 0 Å². The maximum absolute atomic E-state index is 6.32. The molecule has 1 heterocycles. The Morgan fingerprint density at radius 1 is 1.39 bits per heavy atom. The summed E-state index contributed by atoms with van der Waals surface area (Å²) in [6.45, 7) is 5.00. The first-order valence-electron chi connectivity index (χ1n) is 6.90. The number of hydrogen-bond donors (Lipinski definition) is 1. The summed E-state index contributed by atoms with van der Waals surface area (Å²) in [5.74, 6) is 0. The number of nitrogens with two attached hydrogens (primary N) is 1. The highest BCUT2D eigenvalue weighted by molar-refractivity contribution is 6.31. The Hall–Kier alpha value is -0.570. The largest absolute Gasteiger partial charge is 0.330 e. The Bertz CT molecular complexity index is 390. The van der Waals surface area contributed by atoms with E-state index in [4.69, 9.17) is 17.3 Å². The molecule has 2 N–H and O–H groups in total. The maximum atomic E-state index is 6.32. The van der Waals surface area contributed by atoms with Crippen LogP contribution in [0.2, 0.25) is 5.02 Å². The normalized spacial score (nSPS) is 21.2. The van der Waals surface area contributed by atoms with Crippen molar-refractivity contribution in [3.8, 4) is 0 Å². The SMILES string of the molecule is Cc1ccc(CN2CCCCC2CCN)c(Cl)c1. The first-order chi connectivity index (χ1) is 8.70. The first-order valence-corrected chi connectivity index (χ1v) is 7.27. The second kappa shape index (κ2) is 6.55. The summed E-state index contributed by atoms with van der Waals surface area (Å²) in [7, 11) is 0. The van der Waals surface area contributed by atoms with E-state index in [9.17, 15) is 0 Å². The van der Waals surface area contributed by atoms with Gasteiger partial charge in [0.05, 0.1) is 0 Å². The molecule has 1 aliphatic rings. The molecule has 0 amide bonds. The van der Waals surface area contributed by atoms with E-state index in [1.165, 1.54) is 36.9 Å². The van der Waals surface area contributed by atoms with Crippen LogP contribution in [-0.2, 0) is 6.54 Å². The van der Waals surface area contributed by atoms with Crippen molar-refractivity contribution >= 4 is 11.6 Å². The minimum absolute atomic E-state index is 0.640. The average molecular weight is 267 g/mol. The predicted octanol–water partition coefficient (Wildman–Crippen LogP) is 3.35. The van der Waals surface area contributed by atoms with Crippen LogP contribution in [0.5, 0.6) is 0 Å². The third-order valence-corrected chi connectivity index (χ3v) is 4.18. The lowest BCUT2D eigenvalue weighted by Gasteiger charge is -2.35. The molecule has 18 heavy (non-hydrogen) atoms. The van der Waals surface area contributed by atoms with Gasteiger partial charge in [-0.05, 0) is 56.5 Å². The Labute approximate surface area is 115 Å². The topological polar surface area (TPSA) is 29.3 Å². The lowest BCUT2D eigenvalue weighted by molar-refractivity contribution is 0.134. The highest BCUT2D eigenvalue weighted by atomic mass is 35.5. The van der Waals surface area contributed by atoms with Crippen LogP contribution in [0.15, 0.2) is 18.2 Å². The van der Waals surface area contributed by atoms with Gasteiger partial charge in [0.2, 0.25) is 0 Å². The van der Waals surface area contributed by atoms with E-state index in [1.54, 1.807) is 0 Å². The van der Waals surface area contributed by atoms with E-state index >= 15 is 0 Å². The van der Waals surface area contributed by atoms with Crippen molar-refractivity contribution in [2.45, 2.75) is 45.2 Å². The fraction of sp³-hybridized carbons (Fsp3) is 0.600. The summed E-state index contributed by atoms with van der Waals surface area (Å²) in [4.78, 5) is 2.55. The molecule has 1 atom stereocenters. The summed E-state index contributed by atoms with van der Waals surface area (Å²) in [5, 5.41) is 0.895. The van der Waals surface area contributed by atoms with Crippen LogP contribution < -0.4 is 5.73 Å². The molecular weight excluding hydrogens is 244 g/mol. The molecule has 0 aliphatic carbocycles. The van der Waals surface area contributed by atoms with Crippen LogP contribution in [0.1, 0.15) is 36.8 Å². The zero-order valence-corrected chi connectivity index (χ0v) is 11.9. The third kappa shape index (κ3) is 3.47. The second-order valence-electron chi connectivity index (χ2n) is 5.29. The predicted molar refractivity (Wildman–Crippen MR) is 77.9 cm³/mol. The van der Waals surface area contributed by atoms with Crippen molar-refractivity contribution in [3.63, 3.8) is 0 Å². The number of aryl methyl sites for hydroxylation is 1. The molecule has 1 aromatic carbocycles. The molecule has 1 unspecified atom stereocenters. The standard InChI is InChI=1S/C15H23ClN2/c1-12-5-6-13(15(16)10-12)11-18-9-3-2-4-14(18)7-8-17/h5-6,10,14H,2-4,7-9,11,17H2,1H3. The summed E-state index contributed by atoms with van der Waals surface area (Å²) >= 11 is 6.32. The van der Waals surface area contributed by atoms with Gasteiger partial charge in [-0.15, -0.1) is 0 Å². The van der Waals surface area contributed by atoms with Crippen LogP contribution in [-0.4, -0.2) is 24.0 Å². The molecule has 100 valence electrons. The van der Waals surface area contributed by atoms with Gasteiger partial charge in [-0.1, -0.05) is 30.2 Å². The van der Waals surface area contributed by atoms with E-state index in [2.05, 4.69) is 30.0 Å². The maximum Gasteiger partial charge on any atom is 0.0453 e. The minimum Gasteiger partial charge on any atom is -0.330 e. The molecular formula is C15H23ClN2. The fourth-order valence-electron chi connectivity index (χ4n) is 2.79. The molecule has 0 radical (unpaired) electrons. The number of rotatable bonds is 4. The fourth-order valence-corrected chi connectivity index (χ4v) is 3.08. The van der Waals surface area contributed by atoms with Crippen LogP contribution in [0.25, 0.3) is 0 Å². The smallest absolute Gasteiger partial charge is 0.0453 e. The zero-order valence-electron chi connectivity index (χ0n) is 11.2. The summed E-state index contributed by atoms with van der Waals surface area (Å²) < 4.78 is 0. The molecule has 0 saturated carbocycles.